The van der Waals surface area contributed by atoms with Gasteiger partial charge in [0.25, 0.3) is 5.69 Å². The van der Waals surface area contributed by atoms with E-state index < -0.39 is 0 Å². The van der Waals surface area contributed by atoms with Crippen LogP contribution < -0.4 is 10.2 Å². The summed E-state index contributed by atoms with van der Waals surface area (Å²) in [5.41, 5.74) is 5.72. The van der Waals surface area contributed by atoms with E-state index in [1.807, 2.05) is 13.8 Å². The smallest absolute Gasteiger partial charge is 0.270 e. The van der Waals surface area contributed by atoms with Gasteiger partial charge in [-0.05, 0) is 63.7 Å². The van der Waals surface area contributed by atoms with Crippen molar-refractivity contribution in [3.63, 3.8) is 0 Å². The minimum atomic E-state index is -0.371. The molecule has 1 aliphatic rings. The molecule has 0 amide bonds. The fraction of sp³-hybridized carbons (Fsp3) is 0.348. The molecule has 1 aromatic heterocycles. The molecule has 0 spiro atoms. The van der Waals surface area contributed by atoms with Crippen LogP contribution >= 0.6 is 0 Å². The largest absolute Gasteiger partial charge is 0.369 e. The minimum absolute atomic E-state index is 0.0649. The summed E-state index contributed by atoms with van der Waals surface area (Å²) >= 11 is 0. The van der Waals surface area contributed by atoms with Crippen LogP contribution in [0.1, 0.15) is 18.2 Å². The fourth-order valence-electron chi connectivity index (χ4n) is 3.93. The molecule has 0 radical (unpaired) electrons. The van der Waals surface area contributed by atoms with Crippen LogP contribution in [0.4, 0.5) is 22.7 Å². The first-order chi connectivity index (χ1) is 14.3. The summed E-state index contributed by atoms with van der Waals surface area (Å²) in [5, 5.41) is 15.5. The second-order valence-corrected chi connectivity index (χ2v) is 8.10. The number of piperazine rings is 1. The Morgan fingerprint density at radius 3 is 2.53 bits per heavy atom. The minimum Gasteiger partial charge on any atom is -0.369 e. The molecule has 4 rings (SSSR count). The van der Waals surface area contributed by atoms with Gasteiger partial charge < -0.3 is 15.1 Å². The average Bonchev–Trinajstić information content (AvgIpc) is 2.73. The molecule has 3 aromatic rings. The van der Waals surface area contributed by atoms with E-state index in [4.69, 9.17) is 0 Å². The Balaban J connectivity index is 1.64. The van der Waals surface area contributed by atoms with E-state index in [9.17, 15) is 10.1 Å². The van der Waals surface area contributed by atoms with Gasteiger partial charge >= 0.3 is 0 Å². The highest BCUT2D eigenvalue weighted by molar-refractivity contribution is 5.96. The highest BCUT2D eigenvalue weighted by Crippen LogP contribution is 2.33. The van der Waals surface area contributed by atoms with Gasteiger partial charge in [-0.1, -0.05) is 0 Å². The number of non-ortho nitro benzene ring substituents is 1. The summed E-state index contributed by atoms with van der Waals surface area (Å²) in [6.07, 6.45) is 0. The number of nitro groups is 1. The lowest BCUT2D eigenvalue weighted by Crippen LogP contribution is -2.50. The molecule has 7 heteroatoms. The summed E-state index contributed by atoms with van der Waals surface area (Å²) in [5.74, 6) is 0. The number of hydrogen-bond acceptors (Lipinski definition) is 6. The van der Waals surface area contributed by atoms with E-state index in [1.165, 1.54) is 11.8 Å². The van der Waals surface area contributed by atoms with Gasteiger partial charge in [-0.3, -0.25) is 15.1 Å². The molecule has 1 fully saturated rings. The molecule has 0 aliphatic carbocycles. The van der Waals surface area contributed by atoms with Crippen LogP contribution in [0.25, 0.3) is 10.9 Å². The summed E-state index contributed by atoms with van der Waals surface area (Å²) < 4.78 is 0. The van der Waals surface area contributed by atoms with Crippen LogP contribution in [0, 0.1) is 24.0 Å². The first-order valence-electron chi connectivity index (χ1n) is 10.2. The van der Waals surface area contributed by atoms with Gasteiger partial charge in [-0.25, -0.2) is 0 Å². The fourth-order valence-corrected chi connectivity index (χ4v) is 3.93. The Morgan fingerprint density at radius 2 is 1.87 bits per heavy atom. The van der Waals surface area contributed by atoms with E-state index in [-0.39, 0.29) is 10.6 Å². The van der Waals surface area contributed by atoms with E-state index in [0.717, 1.165) is 53.2 Å². The van der Waals surface area contributed by atoms with Crippen molar-refractivity contribution in [3.8, 4) is 0 Å². The topological polar surface area (TPSA) is 74.5 Å². The van der Waals surface area contributed by atoms with Crippen LogP contribution in [-0.4, -0.2) is 47.5 Å². The van der Waals surface area contributed by atoms with Crippen molar-refractivity contribution in [1.82, 2.24) is 9.88 Å². The van der Waals surface area contributed by atoms with Crippen molar-refractivity contribution >= 4 is 33.7 Å². The first kappa shape index (κ1) is 20.1. The zero-order valence-electron chi connectivity index (χ0n) is 17.8. The monoisotopic (exact) mass is 405 g/mol. The third-order valence-corrected chi connectivity index (χ3v) is 6.13. The van der Waals surface area contributed by atoms with Crippen molar-refractivity contribution < 1.29 is 4.92 Å². The normalized spacial score (nSPS) is 17.3. The zero-order valence-corrected chi connectivity index (χ0v) is 17.8. The number of anilines is 3. The van der Waals surface area contributed by atoms with Gasteiger partial charge in [-0.15, -0.1) is 0 Å². The van der Waals surface area contributed by atoms with Gasteiger partial charge in [0.2, 0.25) is 0 Å². The second-order valence-electron chi connectivity index (χ2n) is 8.10. The van der Waals surface area contributed by atoms with Crippen LogP contribution in [0.2, 0.25) is 0 Å². The molecule has 1 atom stereocenters. The van der Waals surface area contributed by atoms with Crippen molar-refractivity contribution in [1.29, 1.82) is 0 Å². The number of aryl methyl sites for hydroxylation is 1. The summed E-state index contributed by atoms with van der Waals surface area (Å²) in [7, 11) is 2.17. The zero-order chi connectivity index (χ0) is 21.4. The number of nitrogens with zero attached hydrogens (tertiary/aromatic N) is 4. The standard InChI is InChI=1S/C23H27N5O2/c1-15-14-27(12-11-26(15)4)19-7-5-18(6-8-19)25-23-16(2)17(3)24-22-10-9-20(28(29)30)13-21(22)23/h5-10,13,15H,11-12,14H2,1-4H3,(H,24,25). The molecule has 1 N–H and O–H groups in total. The summed E-state index contributed by atoms with van der Waals surface area (Å²) in [6.45, 7) is 9.29. The van der Waals surface area contributed by atoms with Crippen LogP contribution in [0.3, 0.4) is 0 Å². The second kappa shape index (κ2) is 7.91. The Morgan fingerprint density at radius 1 is 1.13 bits per heavy atom. The number of nitrogens with one attached hydrogen (secondary N) is 1. The Hall–Kier alpha value is -3.19. The number of likely N-dealkylation sites (N-methyl/N-ethyl adjacent to an activating group) is 1. The van der Waals surface area contributed by atoms with Crippen LogP contribution in [-0.2, 0) is 0 Å². The van der Waals surface area contributed by atoms with Crippen LogP contribution in [0.15, 0.2) is 42.5 Å². The molecule has 1 aliphatic heterocycles. The first-order valence-corrected chi connectivity index (χ1v) is 10.2. The molecule has 2 heterocycles. The van der Waals surface area contributed by atoms with Crippen molar-refractivity contribution in [2.45, 2.75) is 26.8 Å². The molecule has 30 heavy (non-hydrogen) atoms. The maximum atomic E-state index is 11.3. The Bertz CT molecular complexity index is 1100. The Kier molecular flexibility index (Phi) is 5.30. The van der Waals surface area contributed by atoms with Gasteiger partial charge in [-0.2, -0.15) is 0 Å². The van der Waals surface area contributed by atoms with Crippen molar-refractivity contribution in [2.24, 2.45) is 0 Å². The molecule has 0 bridgehead atoms. The highest BCUT2D eigenvalue weighted by atomic mass is 16.6. The number of nitro benzene ring substituents is 1. The molecule has 7 nitrogen and oxygen atoms in total. The predicted molar refractivity (Wildman–Crippen MR) is 122 cm³/mol. The highest BCUT2D eigenvalue weighted by Gasteiger charge is 2.21. The summed E-state index contributed by atoms with van der Waals surface area (Å²) in [6, 6.07) is 13.7. The van der Waals surface area contributed by atoms with E-state index >= 15 is 0 Å². The lowest BCUT2D eigenvalue weighted by Gasteiger charge is -2.39. The number of aromatic nitrogens is 1. The van der Waals surface area contributed by atoms with E-state index in [0.29, 0.717) is 6.04 Å². The third kappa shape index (κ3) is 3.80. The van der Waals surface area contributed by atoms with Gasteiger partial charge in [0, 0.05) is 60.3 Å². The summed E-state index contributed by atoms with van der Waals surface area (Å²) in [4.78, 5) is 20.3. The van der Waals surface area contributed by atoms with Crippen molar-refractivity contribution in [2.75, 3.05) is 36.9 Å². The van der Waals surface area contributed by atoms with Crippen LogP contribution in [0.5, 0.6) is 0 Å². The molecular weight excluding hydrogens is 378 g/mol. The SMILES string of the molecule is Cc1nc2ccc([N+](=O)[O-])cc2c(Nc2ccc(N3CCN(C)C(C)C3)cc2)c1C. The van der Waals surface area contributed by atoms with Gasteiger partial charge in [0.15, 0.2) is 0 Å². The third-order valence-electron chi connectivity index (χ3n) is 6.13. The lowest BCUT2D eigenvalue weighted by atomic mass is 10.1. The van der Waals surface area contributed by atoms with Gasteiger partial charge in [0.1, 0.15) is 0 Å². The number of pyridine rings is 1. The average molecular weight is 406 g/mol. The number of rotatable bonds is 4. The Labute approximate surface area is 176 Å². The quantitative estimate of drug-likeness (QED) is 0.503. The van der Waals surface area contributed by atoms with Gasteiger partial charge in [0.05, 0.1) is 16.1 Å². The number of fused-ring (bicyclic) bond motifs is 1. The predicted octanol–water partition coefficient (Wildman–Crippen LogP) is 4.64. The molecule has 156 valence electrons. The van der Waals surface area contributed by atoms with E-state index in [1.54, 1.807) is 12.1 Å². The molecule has 2 aromatic carbocycles. The van der Waals surface area contributed by atoms with E-state index in [2.05, 4.69) is 58.3 Å². The molecule has 0 saturated carbocycles. The van der Waals surface area contributed by atoms with Crippen molar-refractivity contribution in [3.05, 3.63) is 63.8 Å². The number of benzene rings is 2. The maximum absolute atomic E-state index is 11.3. The molecule has 1 saturated heterocycles. The molecular formula is C23H27N5O2. The lowest BCUT2D eigenvalue weighted by molar-refractivity contribution is -0.384. The maximum Gasteiger partial charge on any atom is 0.270 e. The number of hydrogen-bond donors (Lipinski definition) is 1. The molecule has 1 unspecified atom stereocenters.